The van der Waals surface area contributed by atoms with Crippen molar-refractivity contribution in [1.82, 2.24) is 20.5 Å². The summed E-state index contributed by atoms with van der Waals surface area (Å²) in [5.74, 6) is -0.805. The van der Waals surface area contributed by atoms with Gasteiger partial charge in [-0.3, -0.25) is 14.6 Å². The van der Waals surface area contributed by atoms with E-state index in [4.69, 9.17) is 14.2 Å². The Balaban J connectivity index is 1.25. The number of cyclic esters (lactones) is 1. The standard InChI is InChI=1S/C25H29FN4O6/c1-16(31)28-13-22-24(29-25(33)36-22)18-4-5-21(20(26)11-18)35-19-6-9-30(10-7-19)23(32)15-34-14-17-3-2-8-27-12-17/h2-5,8,11-12,19,22,24H,6-7,9-10,13-15H2,1H3,(H,28,31)(H,29,33)/t22-,24?/m0/s1. The van der Waals surface area contributed by atoms with Gasteiger partial charge in [-0.05, 0) is 29.3 Å². The molecule has 1 aromatic heterocycles. The summed E-state index contributed by atoms with van der Waals surface area (Å²) in [6.45, 7) is 2.78. The molecular formula is C25H29FN4O6. The van der Waals surface area contributed by atoms with Crippen LogP contribution in [0.4, 0.5) is 9.18 Å². The molecule has 2 aromatic rings. The summed E-state index contributed by atoms with van der Waals surface area (Å²) in [6, 6.07) is 7.59. The van der Waals surface area contributed by atoms with E-state index in [-0.39, 0.29) is 36.8 Å². The third kappa shape index (κ3) is 6.69. The zero-order valence-electron chi connectivity index (χ0n) is 19.9. The van der Waals surface area contributed by atoms with Gasteiger partial charge in [0.25, 0.3) is 0 Å². The average molecular weight is 501 g/mol. The van der Waals surface area contributed by atoms with Crippen molar-refractivity contribution in [2.24, 2.45) is 0 Å². The number of carbonyl (C=O) groups excluding carboxylic acids is 3. The van der Waals surface area contributed by atoms with Gasteiger partial charge < -0.3 is 29.7 Å². The minimum atomic E-state index is -0.650. The third-order valence-electron chi connectivity index (χ3n) is 6.08. The largest absolute Gasteiger partial charge is 0.487 e. The highest BCUT2D eigenvalue weighted by Gasteiger charge is 2.35. The summed E-state index contributed by atoms with van der Waals surface area (Å²) in [4.78, 5) is 41.0. The number of likely N-dealkylation sites (tertiary alicyclic amines) is 1. The Morgan fingerprint density at radius 2 is 2.08 bits per heavy atom. The van der Waals surface area contributed by atoms with Crippen LogP contribution in [0.5, 0.6) is 5.75 Å². The van der Waals surface area contributed by atoms with Crippen LogP contribution in [0.1, 0.15) is 36.9 Å². The number of aromatic nitrogens is 1. The number of alkyl carbamates (subject to hydrolysis) is 1. The molecular weight excluding hydrogens is 471 g/mol. The second-order valence-corrected chi connectivity index (χ2v) is 8.74. The molecule has 10 nitrogen and oxygen atoms in total. The molecule has 2 saturated heterocycles. The van der Waals surface area contributed by atoms with Crippen LogP contribution in [0.3, 0.4) is 0 Å². The first-order valence-electron chi connectivity index (χ1n) is 11.8. The summed E-state index contributed by atoms with van der Waals surface area (Å²) in [5, 5.41) is 5.25. The first-order chi connectivity index (χ1) is 17.4. The molecule has 11 heteroatoms. The number of piperidine rings is 1. The highest BCUT2D eigenvalue weighted by atomic mass is 19.1. The molecule has 1 aromatic carbocycles. The minimum Gasteiger partial charge on any atom is -0.487 e. The molecule has 0 spiro atoms. The molecule has 3 heterocycles. The Morgan fingerprint density at radius 3 is 2.78 bits per heavy atom. The van der Waals surface area contributed by atoms with Crippen LogP contribution in [-0.4, -0.2) is 66.2 Å². The Kier molecular flexibility index (Phi) is 8.32. The maximum absolute atomic E-state index is 14.8. The molecule has 36 heavy (non-hydrogen) atoms. The lowest BCUT2D eigenvalue weighted by Gasteiger charge is -2.32. The molecule has 2 aliphatic heterocycles. The van der Waals surface area contributed by atoms with Crippen LogP contribution < -0.4 is 15.4 Å². The lowest BCUT2D eigenvalue weighted by atomic mass is 10.0. The number of halogens is 1. The molecule has 3 amide bonds. The van der Waals surface area contributed by atoms with Crippen molar-refractivity contribution < 1.29 is 33.0 Å². The summed E-state index contributed by atoms with van der Waals surface area (Å²) >= 11 is 0. The number of hydrogen-bond acceptors (Lipinski definition) is 7. The molecule has 192 valence electrons. The molecule has 0 saturated carbocycles. The number of ether oxygens (including phenoxy) is 3. The predicted molar refractivity (Wildman–Crippen MR) is 125 cm³/mol. The number of nitrogens with one attached hydrogen (secondary N) is 2. The molecule has 2 aliphatic rings. The van der Waals surface area contributed by atoms with Crippen LogP contribution >= 0.6 is 0 Å². The Labute approximate surface area is 208 Å². The van der Waals surface area contributed by atoms with E-state index in [0.717, 1.165) is 5.56 Å². The average Bonchev–Trinajstić information content (AvgIpc) is 3.25. The number of pyridine rings is 1. The minimum absolute atomic E-state index is 0.0130. The normalized spacial score (nSPS) is 19.9. The van der Waals surface area contributed by atoms with Crippen molar-refractivity contribution in [3.8, 4) is 5.75 Å². The van der Waals surface area contributed by atoms with Gasteiger partial charge in [-0.1, -0.05) is 12.1 Å². The van der Waals surface area contributed by atoms with Crippen molar-refractivity contribution in [1.29, 1.82) is 0 Å². The summed E-state index contributed by atoms with van der Waals surface area (Å²) in [7, 11) is 0. The number of carbonyl (C=O) groups is 3. The van der Waals surface area contributed by atoms with Gasteiger partial charge in [-0.25, -0.2) is 9.18 Å². The van der Waals surface area contributed by atoms with Gasteiger partial charge in [-0.2, -0.15) is 0 Å². The lowest BCUT2D eigenvalue weighted by molar-refractivity contribution is -0.138. The first kappa shape index (κ1) is 25.4. The Hall–Kier alpha value is -3.73. The fourth-order valence-corrected chi connectivity index (χ4v) is 4.20. The van der Waals surface area contributed by atoms with E-state index in [0.29, 0.717) is 38.1 Å². The van der Waals surface area contributed by atoms with E-state index >= 15 is 0 Å². The van der Waals surface area contributed by atoms with Crippen LogP contribution in [0.15, 0.2) is 42.7 Å². The molecule has 0 aliphatic carbocycles. The van der Waals surface area contributed by atoms with Crippen molar-refractivity contribution in [2.75, 3.05) is 26.2 Å². The summed E-state index contributed by atoms with van der Waals surface area (Å²) in [6.07, 6.45) is 3.01. The van der Waals surface area contributed by atoms with E-state index in [1.165, 1.54) is 19.1 Å². The van der Waals surface area contributed by atoms with Crippen molar-refractivity contribution >= 4 is 17.9 Å². The fourth-order valence-electron chi connectivity index (χ4n) is 4.20. The fraction of sp³-hybridized carbons (Fsp3) is 0.440. The van der Waals surface area contributed by atoms with Crippen LogP contribution in [0.25, 0.3) is 0 Å². The number of nitrogens with zero attached hydrogens (tertiary/aromatic N) is 2. The second kappa shape index (κ2) is 11.8. The Bertz CT molecular complexity index is 1080. The SMILES string of the molecule is CC(=O)NC[C@@H]1OC(=O)NC1c1ccc(OC2CCN(C(=O)COCc3cccnc3)CC2)c(F)c1. The predicted octanol–water partition coefficient (Wildman–Crippen LogP) is 2.09. The van der Waals surface area contributed by atoms with Crippen LogP contribution in [-0.2, 0) is 25.7 Å². The van der Waals surface area contributed by atoms with Crippen LogP contribution in [0, 0.1) is 5.82 Å². The van der Waals surface area contributed by atoms with E-state index in [1.807, 2.05) is 12.1 Å². The van der Waals surface area contributed by atoms with Gasteiger partial charge >= 0.3 is 6.09 Å². The first-order valence-corrected chi connectivity index (χ1v) is 11.8. The van der Waals surface area contributed by atoms with E-state index in [2.05, 4.69) is 15.6 Å². The van der Waals surface area contributed by atoms with Crippen LogP contribution in [0.2, 0.25) is 0 Å². The smallest absolute Gasteiger partial charge is 0.408 e. The number of rotatable bonds is 9. The molecule has 1 unspecified atom stereocenters. The highest BCUT2D eigenvalue weighted by molar-refractivity contribution is 5.77. The zero-order valence-corrected chi connectivity index (χ0v) is 19.9. The van der Waals surface area contributed by atoms with E-state index < -0.39 is 24.1 Å². The van der Waals surface area contributed by atoms with Gasteiger partial charge in [0.2, 0.25) is 11.8 Å². The zero-order chi connectivity index (χ0) is 25.5. The lowest BCUT2D eigenvalue weighted by Crippen LogP contribution is -2.43. The monoisotopic (exact) mass is 500 g/mol. The van der Waals surface area contributed by atoms with E-state index in [9.17, 15) is 18.8 Å². The quantitative estimate of drug-likeness (QED) is 0.541. The maximum atomic E-state index is 14.8. The van der Waals surface area contributed by atoms with Gasteiger partial charge in [0.1, 0.15) is 18.8 Å². The van der Waals surface area contributed by atoms with Crippen molar-refractivity contribution in [3.63, 3.8) is 0 Å². The van der Waals surface area contributed by atoms with Gasteiger partial charge in [0.05, 0.1) is 19.2 Å². The van der Waals surface area contributed by atoms with Gasteiger partial charge in [-0.15, -0.1) is 0 Å². The summed E-state index contributed by atoms with van der Waals surface area (Å²) < 4.78 is 31.4. The Morgan fingerprint density at radius 1 is 1.28 bits per heavy atom. The molecule has 2 atom stereocenters. The maximum Gasteiger partial charge on any atom is 0.408 e. The highest BCUT2D eigenvalue weighted by Crippen LogP contribution is 2.29. The topological polar surface area (TPSA) is 119 Å². The molecule has 2 fully saturated rings. The third-order valence-corrected chi connectivity index (χ3v) is 6.08. The van der Waals surface area contributed by atoms with Gasteiger partial charge in [0.15, 0.2) is 11.6 Å². The molecule has 2 N–H and O–H groups in total. The van der Waals surface area contributed by atoms with E-state index in [1.54, 1.807) is 23.4 Å². The molecule has 0 radical (unpaired) electrons. The molecule has 4 rings (SSSR count). The summed E-state index contributed by atoms with van der Waals surface area (Å²) in [5.41, 5.74) is 1.41. The second-order valence-electron chi connectivity index (χ2n) is 8.74. The van der Waals surface area contributed by atoms with Gasteiger partial charge in [0, 0.05) is 45.2 Å². The number of amides is 3. The number of benzene rings is 1. The molecule has 0 bridgehead atoms. The van der Waals surface area contributed by atoms with Crippen molar-refractivity contribution in [2.45, 2.75) is 44.6 Å². The number of hydrogen-bond donors (Lipinski definition) is 2. The van der Waals surface area contributed by atoms with Crippen molar-refractivity contribution in [3.05, 3.63) is 59.7 Å².